The van der Waals surface area contributed by atoms with Gasteiger partial charge in [0.15, 0.2) is 6.19 Å². The van der Waals surface area contributed by atoms with Crippen LogP contribution in [0.1, 0.15) is 13.8 Å². The zero-order valence-electron chi connectivity index (χ0n) is 8.98. The molecule has 5 heteroatoms. The van der Waals surface area contributed by atoms with Gasteiger partial charge < -0.3 is 4.74 Å². The number of hydrogen-bond donors (Lipinski definition) is 0. The predicted molar refractivity (Wildman–Crippen MR) is 61.2 cm³/mol. The van der Waals surface area contributed by atoms with E-state index in [0.29, 0.717) is 10.7 Å². The van der Waals surface area contributed by atoms with E-state index in [4.69, 9.17) is 21.6 Å². The molecular weight excluding hydrogens is 228 g/mol. The Morgan fingerprint density at radius 2 is 2.00 bits per heavy atom. The van der Waals surface area contributed by atoms with Gasteiger partial charge in [-0.05, 0) is 38.1 Å². The average molecular weight is 239 g/mol. The molecule has 0 aliphatic rings. The van der Waals surface area contributed by atoms with E-state index < -0.39 is 6.09 Å². The van der Waals surface area contributed by atoms with Crippen LogP contribution in [-0.4, -0.2) is 12.2 Å². The smallest absolute Gasteiger partial charge is 0.428 e. The van der Waals surface area contributed by atoms with Crippen molar-refractivity contribution in [3.05, 3.63) is 29.3 Å². The van der Waals surface area contributed by atoms with Gasteiger partial charge in [0.1, 0.15) is 0 Å². The highest BCUT2D eigenvalue weighted by Crippen LogP contribution is 2.18. The van der Waals surface area contributed by atoms with Crippen molar-refractivity contribution in [2.45, 2.75) is 20.0 Å². The Morgan fingerprint density at radius 1 is 1.44 bits per heavy atom. The van der Waals surface area contributed by atoms with Gasteiger partial charge in [-0.15, -0.1) is 0 Å². The maximum Gasteiger partial charge on any atom is 0.428 e. The molecule has 1 amide bonds. The molecule has 0 aliphatic heterocycles. The molecule has 0 fully saturated rings. The van der Waals surface area contributed by atoms with Crippen LogP contribution >= 0.6 is 11.6 Å². The van der Waals surface area contributed by atoms with E-state index in [9.17, 15) is 4.79 Å². The molecule has 0 radical (unpaired) electrons. The van der Waals surface area contributed by atoms with Gasteiger partial charge in [-0.2, -0.15) is 10.2 Å². The minimum atomic E-state index is -0.695. The summed E-state index contributed by atoms with van der Waals surface area (Å²) in [6.45, 7) is 3.44. The summed E-state index contributed by atoms with van der Waals surface area (Å²) in [6.07, 6.45) is 0.796. The first-order valence-electron chi connectivity index (χ1n) is 4.70. The first kappa shape index (κ1) is 12.3. The van der Waals surface area contributed by atoms with Crippen LogP contribution < -0.4 is 4.90 Å². The second-order valence-corrected chi connectivity index (χ2v) is 3.78. The van der Waals surface area contributed by atoms with Crippen molar-refractivity contribution in [1.82, 2.24) is 0 Å². The minimum absolute atomic E-state index is 0.268. The third kappa shape index (κ3) is 3.14. The monoisotopic (exact) mass is 238 g/mol. The van der Waals surface area contributed by atoms with Gasteiger partial charge in [-0.3, -0.25) is 0 Å². The van der Waals surface area contributed by atoms with Crippen molar-refractivity contribution in [2.75, 3.05) is 4.90 Å². The second kappa shape index (κ2) is 5.38. The fraction of sp³-hybridized carbons (Fsp3) is 0.273. The third-order valence-electron chi connectivity index (χ3n) is 1.70. The third-order valence-corrected chi connectivity index (χ3v) is 1.96. The molecule has 16 heavy (non-hydrogen) atoms. The van der Waals surface area contributed by atoms with Gasteiger partial charge in [0.25, 0.3) is 0 Å². The van der Waals surface area contributed by atoms with Gasteiger partial charge in [0.05, 0.1) is 11.8 Å². The molecule has 0 bridgehead atoms. The van der Waals surface area contributed by atoms with Gasteiger partial charge in [-0.25, -0.2) is 4.79 Å². The van der Waals surface area contributed by atoms with Crippen molar-refractivity contribution in [2.24, 2.45) is 0 Å². The Kier molecular flexibility index (Phi) is 4.15. The molecule has 1 aromatic carbocycles. The van der Waals surface area contributed by atoms with E-state index in [1.54, 1.807) is 44.3 Å². The Bertz CT molecular complexity index is 409. The van der Waals surface area contributed by atoms with E-state index >= 15 is 0 Å². The zero-order chi connectivity index (χ0) is 12.1. The number of amides is 1. The highest BCUT2D eigenvalue weighted by atomic mass is 35.5. The number of ether oxygens (including phenoxy) is 1. The van der Waals surface area contributed by atoms with Crippen LogP contribution in [0.3, 0.4) is 0 Å². The average Bonchev–Trinajstić information content (AvgIpc) is 2.21. The quantitative estimate of drug-likeness (QED) is 0.587. The minimum Gasteiger partial charge on any atom is -0.446 e. The highest BCUT2D eigenvalue weighted by Gasteiger charge is 2.17. The number of carbonyl (C=O) groups is 1. The summed E-state index contributed by atoms with van der Waals surface area (Å²) in [5.74, 6) is 0. The lowest BCUT2D eigenvalue weighted by Gasteiger charge is -2.15. The molecule has 0 spiro atoms. The summed E-state index contributed by atoms with van der Waals surface area (Å²) in [5, 5.41) is 9.41. The number of nitriles is 1. The van der Waals surface area contributed by atoms with Crippen LogP contribution in [0, 0.1) is 11.5 Å². The molecule has 0 saturated heterocycles. The predicted octanol–water partition coefficient (Wildman–Crippen LogP) is 3.17. The molecule has 1 aromatic rings. The maximum atomic E-state index is 11.5. The lowest BCUT2D eigenvalue weighted by Crippen LogP contribution is -2.28. The second-order valence-electron chi connectivity index (χ2n) is 3.34. The van der Waals surface area contributed by atoms with Gasteiger partial charge in [-0.1, -0.05) is 11.6 Å². The largest absolute Gasteiger partial charge is 0.446 e. The van der Waals surface area contributed by atoms with Gasteiger partial charge >= 0.3 is 6.09 Å². The van der Waals surface area contributed by atoms with E-state index in [1.165, 1.54) is 0 Å². The zero-order valence-corrected chi connectivity index (χ0v) is 9.73. The van der Waals surface area contributed by atoms with Crippen LogP contribution in [-0.2, 0) is 4.74 Å². The molecular formula is C11H11ClN2O2. The van der Waals surface area contributed by atoms with Crippen LogP contribution in [0.5, 0.6) is 0 Å². The first-order valence-corrected chi connectivity index (χ1v) is 5.08. The molecule has 1 rings (SSSR count). The molecule has 0 aliphatic carbocycles. The van der Waals surface area contributed by atoms with E-state index in [1.807, 2.05) is 0 Å². The molecule has 84 valence electrons. The highest BCUT2D eigenvalue weighted by molar-refractivity contribution is 6.30. The summed E-state index contributed by atoms with van der Waals surface area (Å²) in [5.41, 5.74) is 0.428. The van der Waals surface area contributed by atoms with Crippen molar-refractivity contribution >= 4 is 23.4 Å². The summed E-state index contributed by atoms with van der Waals surface area (Å²) in [4.78, 5) is 12.4. The topological polar surface area (TPSA) is 53.3 Å². The van der Waals surface area contributed by atoms with Crippen LogP contribution in [0.25, 0.3) is 0 Å². The molecule has 0 saturated carbocycles. The van der Waals surface area contributed by atoms with Crippen LogP contribution in [0.15, 0.2) is 24.3 Å². The van der Waals surface area contributed by atoms with Gasteiger partial charge in [0.2, 0.25) is 0 Å². The number of hydrogen-bond acceptors (Lipinski definition) is 3. The number of carbonyl (C=O) groups excluding carboxylic acids is 1. The van der Waals surface area contributed by atoms with Crippen LogP contribution in [0.4, 0.5) is 10.5 Å². The summed E-state index contributed by atoms with van der Waals surface area (Å²) in [7, 11) is 0. The number of halogens is 1. The molecule has 0 heterocycles. The summed E-state index contributed by atoms with van der Waals surface area (Å²) >= 11 is 5.71. The fourth-order valence-electron chi connectivity index (χ4n) is 1.05. The SMILES string of the molecule is CC(C)OC(=O)N(C#N)c1ccc(Cl)cc1. The van der Waals surface area contributed by atoms with Crippen molar-refractivity contribution in [3.63, 3.8) is 0 Å². The molecule has 4 nitrogen and oxygen atoms in total. The first-order chi connectivity index (χ1) is 7.54. The van der Waals surface area contributed by atoms with Crippen molar-refractivity contribution in [1.29, 1.82) is 5.26 Å². The lowest BCUT2D eigenvalue weighted by molar-refractivity contribution is 0.125. The van der Waals surface area contributed by atoms with E-state index in [2.05, 4.69) is 0 Å². The molecule has 0 N–H and O–H groups in total. The van der Waals surface area contributed by atoms with E-state index in [-0.39, 0.29) is 6.10 Å². The standard InChI is InChI=1S/C11H11ClN2O2/c1-8(2)16-11(15)14(7-13)10-5-3-9(12)4-6-10/h3-6,8H,1-2H3. The Hall–Kier alpha value is -1.73. The number of rotatable bonds is 2. The van der Waals surface area contributed by atoms with Crippen LogP contribution in [0.2, 0.25) is 5.02 Å². The normalized spacial score (nSPS) is 9.69. The van der Waals surface area contributed by atoms with Crippen molar-refractivity contribution in [3.8, 4) is 6.19 Å². The number of nitrogens with zero attached hydrogens (tertiary/aromatic N) is 2. The molecule has 0 atom stereocenters. The van der Waals surface area contributed by atoms with E-state index in [0.717, 1.165) is 4.90 Å². The van der Waals surface area contributed by atoms with Gasteiger partial charge in [0, 0.05) is 5.02 Å². The Labute approximate surface area is 99.0 Å². The summed E-state index contributed by atoms with van der Waals surface area (Å²) < 4.78 is 4.92. The van der Waals surface area contributed by atoms with Crippen molar-refractivity contribution < 1.29 is 9.53 Å². The summed E-state index contributed by atoms with van der Waals surface area (Å²) in [6, 6.07) is 6.36. The molecule has 0 unspecified atom stereocenters. The number of anilines is 1. The number of benzene rings is 1. The molecule has 0 aromatic heterocycles. The fourth-order valence-corrected chi connectivity index (χ4v) is 1.17. The Morgan fingerprint density at radius 3 is 2.44 bits per heavy atom. The lowest BCUT2D eigenvalue weighted by atomic mass is 10.3. The Balaban J connectivity index is 2.87. The maximum absolute atomic E-state index is 11.5.